The van der Waals surface area contributed by atoms with Crippen molar-refractivity contribution < 1.29 is 14.7 Å². The number of aryl methyl sites for hydroxylation is 1. The Bertz CT molecular complexity index is 363. The van der Waals surface area contributed by atoms with Gasteiger partial charge >= 0.3 is 5.97 Å². The molecule has 0 aliphatic carbocycles. The van der Waals surface area contributed by atoms with Gasteiger partial charge in [-0.1, -0.05) is 0 Å². The van der Waals surface area contributed by atoms with Gasteiger partial charge in [0.2, 0.25) is 5.91 Å². The van der Waals surface area contributed by atoms with Gasteiger partial charge in [0.05, 0.1) is 11.9 Å². The molecule has 1 heterocycles. The number of pyridine rings is 1. The molecule has 1 rings (SSSR count). The van der Waals surface area contributed by atoms with E-state index >= 15 is 0 Å². The van der Waals surface area contributed by atoms with Crippen LogP contribution in [0.4, 0.5) is 5.69 Å². The van der Waals surface area contributed by atoms with Crippen molar-refractivity contribution in [1.29, 1.82) is 0 Å². The van der Waals surface area contributed by atoms with Crippen LogP contribution in [0, 0.1) is 6.92 Å². The Labute approximate surface area is 80.8 Å². The molecule has 1 aromatic heterocycles. The number of carbonyl (C=O) groups is 2. The quantitative estimate of drug-likeness (QED) is 0.697. The average Bonchev–Trinajstić information content (AvgIpc) is 2.07. The minimum absolute atomic E-state index is 0.533. The highest BCUT2D eigenvalue weighted by molar-refractivity contribution is 6.01. The van der Waals surface area contributed by atoms with Crippen LogP contribution in [0.25, 0.3) is 0 Å². The zero-order chi connectivity index (χ0) is 10.6. The van der Waals surface area contributed by atoms with Gasteiger partial charge in [-0.2, -0.15) is 0 Å². The van der Waals surface area contributed by atoms with E-state index in [1.54, 1.807) is 19.2 Å². The monoisotopic (exact) mass is 194 g/mol. The van der Waals surface area contributed by atoms with Crippen molar-refractivity contribution in [2.45, 2.75) is 13.3 Å². The topological polar surface area (TPSA) is 79.3 Å². The van der Waals surface area contributed by atoms with Crippen molar-refractivity contribution in [2.75, 3.05) is 5.32 Å². The van der Waals surface area contributed by atoms with Crippen LogP contribution in [0.5, 0.6) is 0 Å². The Morgan fingerprint density at radius 3 is 2.86 bits per heavy atom. The first kappa shape index (κ1) is 10.2. The van der Waals surface area contributed by atoms with Crippen molar-refractivity contribution in [3.8, 4) is 0 Å². The van der Waals surface area contributed by atoms with Gasteiger partial charge in [0.1, 0.15) is 6.42 Å². The van der Waals surface area contributed by atoms with Gasteiger partial charge in [0.15, 0.2) is 0 Å². The largest absolute Gasteiger partial charge is 0.481 e. The highest BCUT2D eigenvalue weighted by Crippen LogP contribution is 2.11. The molecule has 5 nitrogen and oxygen atoms in total. The van der Waals surface area contributed by atoms with Gasteiger partial charge in [0.25, 0.3) is 0 Å². The summed E-state index contributed by atoms with van der Waals surface area (Å²) in [6.45, 7) is 1.80. The molecule has 14 heavy (non-hydrogen) atoms. The number of rotatable bonds is 3. The van der Waals surface area contributed by atoms with E-state index in [0.29, 0.717) is 5.69 Å². The summed E-state index contributed by atoms with van der Waals surface area (Å²) in [5, 5.41) is 10.8. The summed E-state index contributed by atoms with van der Waals surface area (Å²) in [4.78, 5) is 25.1. The maximum absolute atomic E-state index is 11.1. The molecule has 0 aromatic carbocycles. The van der Waals surface area contributed by atoms with E-state index < -0.39 is 18.3 Å². The zero-order valence-corrected chi connectivity index (χ0v) is 7.65. The van der Waals surface area contributed by atoms with Crippen LogP contribution in [-0.2, 0) is 9.59 Å². The lowest BCUT2D eigenvalue weighted by Crippen LogP contribution is -2.16. The lowest BCUT2D eigenvalue weighted by atomic mass is 10.2. The molecule has 0 bridgehead atoms. The molecule has 1 aromatic rings. The molecule has 0 saturated heterocycles. The predicted molar refractivity (Wildman–Crippen MR) is 49.9 cm³/mol. The van der Waals surface area contributed by atoms with E-state index in [-0.39, 0.29) is 0 Å². The second-order valence-electron chi connectivity index (χ2n) is 2.81. The third kappa shape index (κ3) is 2.85. The fourth-order valence-electron chi connectivity index (χ4n) is 0.927. The number of carboxylic acids is 1. The molecule has 5 heteroatoms. The SMILES string of the molecule is Cc1ccncc1NC(=O)CC(=O)O. The fraction of sp³-hybridized carbons (Fsp3) is 0.222. The summed E-state index contributed by atoms with van der Waals surface area (Å²) in [6, 6.07) is 1.73. The van der Waals surface area contributed by atoms with Crippen LogP contribution < -0.4 is 5.32 Å². The second kappa shape index (κ2) is 4.36. The maximum Gasteiger partial charge on any atom is 0.312 e. The number of aliphatic carboxylic acids is 1. The Balaban J connectivity index is 2.65. The third-order valence-electron chi connectivity index (χ3n) is 1.62. The van der Waals surface area contributed by atoms with Crippen LogP contribution in [0.2, 0.25) is 0 Å². The first-order valence-electron chi connectivity index (χ1n) is 4.02. The lowest BCUT2D eigenvalue weighted by molar-refractivity contribution is -0.139. The maximum atomic E-state index is 11.1. The molecular weight excluding hydrogens is 184 g/mol. The highest BCUT2D eigenvalue weighted by atomic mass is 16.4. The van der Waals surface area contributed by atoms with Crippen molar-refractivity contribution in [3.05, 3.63) is 24.0 Å². The number of hydrogen-bond donors (Lipinski definition) is 2. The van der Waals surface area contributed by atoms with Crippen molar-refractivity contribution in [2.24, 2.45) is 0 Å². The summed E-state index contributed by atoms with van der Waals surface area (Å²) in [5.74, 6) is -1.70. The molecule has 1 amide bonds. The summed E-state index contributed by atoms with van der Waals surface area (Å²) in [5.41, 5.74) is 1.39. The number of carboxylic acid groups (broad SMARTS) is 1. The van der Waals surface area contributed by atoms with Gasteiger partial charge in [-0.3, -0.25) is 14.6 Å². The number of aromatic nitrogens is 1. The molecule has 0 fully saturated rings. The van der Waals surface area contributed by atoms with E-state index in [0.717, 1.165) is 5.56 Å². The van der Waals surface area contributed by atoms with Crippen LogP contribution in [0.3, 0.4) is 0 Å². The molecular formula is C9H10N2O3. The van der Waals surface area contributed by atoms with Crippen LogP contribution in [0.15, 0.2) is 18.5 Å². The second-order valence-corrected chi connectivity index (χ2v) is 2.81. The molecule has 0 aliphatic rings. The minimum Gasteiger partial charge on any atom is -0.481 e. The van der Waals surface area contributed by atoms with Crippen molar-refractivity contribution in [3.63, 3.8) is 0 Å². The molecule has 0 aliphatic heterocycles. The number of anilines is 1. The third-order valence-corrected chi connectivity index (χ3v) is 1.62. The Morgan fingerprint density at radius 1 is 1.57 bits per heavy atom. The first-order chi connectivity index (χ1) is 6.59. The van der Waals surface area contributed by atoms with E-state index in [4.69, 9.17) is 5.11 Å². The van der Waals surface area contributed by atoms with Crippen molar-refractivity contribution >= 4 is 17.6 Å². The van der Waals surface area contributed by atoms with E-state index in [1.807, 2.05) is 0 Å². The summed E-state index contributed by atoms with van der Waals surface area (Å²) >= 11 is 0. The number of amides is 1. The van der Waals surface area contributed by atoms with E-state index in [9.17, 15) is 9.59 Å². The molecule has 2 N–H and O–H groups in total. The molecule has 0 saturated carbocycles. The Morgan fingerprint density at radius 2 is 2.29 bits per heavy atom. The van der Waals surface area contributed by atoms with Gasteiger partial charge in [0, 0.05) is 6.20 Å². The number of hydrogen-bond acceptors (Lipinski definition) is 3. The first-order valence-corrected chi connectivity index (χ1v) is 4.02. The number of nitrogens with zero attached hydrogens (tertiary/aromatic N) is 1. The fourth-order valence-corrected chi connectivity index (χ4v) is 0.927. The Hall–Kier alpha value is -1.91. The molecule has 74 valence electrons. The van der Waals surface area contributed by atoms with Crippen LogP contribution in [0.1, 0.15) is 12.0 Å². The van der Waals surface area contributed by atoms with Crippen molar-refractivity contribution in [1.82, 2.24) is 4.98 Å². The molecule has 0 spiro atoms. The van der Waals surface area contributed by atoms with Gasteiger partial charge in [-0.15, -0.1) is 0 Å². The average molecular weight is 194 g/mol. The van der Waals surface area contributed by atoms with Gasteiger partial charge in [-0.05, 0) is 18.6 Å². The predicted octanol–water partition coefficient (Wildman–Crippen LogP) is 0.803. The summed E-state index contributed by atoms with van der Waals surface area (Å²) in [7, 11) is 0. The van der Waals surface area contributed by atoms with Gasteiger partial charge < -0.3 is 10.4 Å². The smallest absolute Gasteiger partial charge is 0.312 e. The highest BCUT2D eigenvalue weighted by Gasteiger charge is 2.08. The number of carbonyl (C=O) groups excluding carboxylic acids is 1. The standard InChI is InChI=1S/C9H10N2O3/c1-6-2-3-10-5-7(6)11-8(12)4-9(13)14/h2-3,5H,4H2,1H3,(H,11,12)(H,13,14). The normalized spacial score (nSPS) is 9.50. The van der Waals surface area contributed by atoms with E-state index in [1.165, 1.54) is 6.20 Å². The van der Waals surface area contributed by atoms with Crippen LogP contribution >= 0.6 is 0 Å². The lowest BCUT2D eigenvalue weighted by Gasteiger charge is -2.05. The Kier molecular flexibility index (Phi) is 3.17. The minimum atomic E-state index is -1.15. The molecule has 0 unspecified atom stereocenters. The molecule has 0 radical (unpaired) electrons. The summed E-state index contributed by atoms with van der Waals surface area (Å²) < 4.78 is 0. The zero-order valence-electron chi connectivity index (χ0n) is 7.65. The molecule has 0 atom stereocenters. The summed E-state index contributed by atoms with van der Waals surface area (Å²) in [6.07, 6.45) is 2.55. The van der Waals surface area contributed by atoms with Crippen LogP contribution in [-0.4, -0.2) is 22.0 Å². The van der Waals surface area contributed by atoms with E-state index in [2.05, 4.69) is 10.3 Å². The van der Waals surface area contributed by atoms with Gasteiger partial charge in [-0.25, -0.2) is 0 Å². The number of nitrogens with one attached hydrogen (secondary N) is 1.